The average molecular weight is 353 g/mol. The van der Waals surface area contributed by atoms with Crippen LogP contribution in [0.2, 0.25) is 0 Å². The lowest BCUT2D eigenvalue weighted by Gasteiger charge is -2.24. The van der Waals surface area contributed by atoms with Crippen LogP contribution in [0.4, 0.5) is 5.69 Å². The van der Waals surface area contributed by atoms with Gasteiger partial charge in [-0.15, -0.1) is 0 Å². The molecular weight excluding hydrogens is 340 g/mol. The van der Waals surface area contributed by atoms with Gasteiger partial charge >= 0.3 is 0 Å². The van der Waals surface area contributed by atoms with Crippen LogP contribution >= 0.6 is 15.9 Å². The minimum absolute atomic E-state index is 0.0867. The molecule has 6 heteroatoms. The first-order valence-electron chi connectivity index (χ1n) is 6.23. The number of aromatic nitrogens is 1. The number of nitrogens with zero attached hydrogens (tertiary/aromatic N) is 2. The standard InChI is InChI=1S/C14H13BrN2O2S/c1-10-6-11-4-2-3-5-14(11)17(10)20(18,19)13-7-12(15)8-16-9-13/h2-5,7-10H,6H2,1H3. The zero-order chi connectivity index (χ0) is 14.3. The van der Waals surface area contributed by atoms with E-state index in [1.807, 2.05) is 31.2 Å². The van der Waals surface area contributed by atoms with Crippen molar-refractivity contribution in [3.8, 4) is 0 Å². The Morgan fingerprint density at radius 3 is 2.80 bits per heavy atom. The Morgan fingerprint density at radius 1 is 1.30 bits per heavy atom. The molecule has 0 radical (unpaired) electrons. The van der Waals surface area contributed by atoms with E-state index in [1.165, 1.54) is 10.5 Å². The van der Waals surface area contributed by atoms with Gasteiger partial charge in [-0.3, -0.25) is 9.29 Å². The SMILES string of the molecule is CC1Cc2ccccc2N1S(=O)(=O)c1cncc(Br)c1. The summed E-state index contributed by atoms with van der Waals surface area (Å²) in [5.41, 5.74) is 1.83. The lowest BCUT2D eigenvalue weighted by atomic mass is 10.1. The van der Waals surface area contributed by atoms with Gasteiger partial charge < -0.3 is 0 Å². The lowest BCUT2D eigenvalue weighted by molar-refractivity contribution is 0.583. The van der Waals surface area contributed by atoms with Crippen LogP contribution in [0.3, 0.4) is 0 Å². The van der Waals surface area contributed by atoms with Gasteiger partial charge in [0.25, 0.3) is 10.0 Å². The number of hydrogen-bond donors (Lipinski definition) is 0. The molecule has 1 unspecified atom stereocenters. The van der Waals surface area contributed by atoms with Gasteiger partial charge in [-0.25, -0.2) is 8.42 Å². The number of anilines is 1. The van der Waals surface area contributed by atoms with Crippen molar-refractivity contribution in [3.63, 3.8) is 0 Å². The predicted molar refractivity (Wildman–Crippen MR) is 81.2 cm³/mol. The monoisotopic (exact) mass is 352 g/mol. The molecular formula is C14H13BrN2O2S. The van der Waals surface area contributed by atoms with Crippen molar-refractivity contribution >= 4 is 31.6 Å². The van der Waals surface area contributed by atoms with Crippen molar-refractivity contribution in [3.05, 3.63) is 52.8 Å². The van der Waals surface area contributed by atoms with E-state index in [0.717, 1.165) is 17.7 Å². The van der Waals surface area contributed by atoms with Gasteiger partial charge in [0.1, 0.15) is 4.90 Å². The fourth-order valence-electron chi connectivity index (χ4n) is 2.55. The molecule has 0 saturated heterocycles. The molecule has 0 aliphatic carbocycles. The number of sulfonamides is 1. The molecule has 1 aromatic heterocycles. The number of pyridine rings is 1. The first-order valence-corrected chi connectivity index (χ1v) is 8.46. The first kappa shape index (κ1) is 13.6. The number of hydrogen-bond acceptors (Lipinski definition) is 3. The maximum atomic E-state index is 12.8. The van der Waals surface area contributed by atoms with Crippen LogP contribution in [0.5, 0.6) is 0 Å². The summed E-state index contributed by atoms with van der Waals surface area (Å²) in [5.74, 6) is 0. The zero-order valence-electron chi connectivity index (χ0n) is 10.8. The van der Waals surface area contributed by atoms with Crippen LogP contribution in [0, 0.1) is 0 Å². The van der Waals surface area contributed by atoms with E-state index in [9.17, 15) is 8.42 Å². The van der Waals surface area contributed by atoms with E-state index in [1.54, 1.807) is 12.3 Å². The molecule has 0 amide bonds. The molecule has 2 heterocycles. The Balaban J connectivity index is 2.13. The number of para-hydroxylation sites is 1. The summed E-state index contributed by atoms with van der Waals surface area (Å²) in [6.07, 6.45) is 3.69. The molecule has 104 valence electrons. The molecule has 1 aliphatic heterocycles. The molecule has 20 heavy (non-hydrogen) atoms. The van der Waals surface area contributed by atoms with Gasteiger partial charge in [0.15, 0.2) is 0 Å². The highest BCUT2D eigenvalue weighted by molar-refractivity contribution is 9.10. The fraction of sp³-hybridized carbons (Fsp3) is 0.214. The second-order valence-corrected chi connectivity index (χ2v) is 7.55. The van der Waals surface area contributed by atoms with Gasteiger partial charge in [0, 0.05) is 22.9 Å². The normalized spacial score (nSPS) is 18.1. The summed E-state index contributed by atoms with van der Waals surface area (Å²) in [5, 5.41) is 0. The minimum Gasteiger partial charge on any atom is -0.263 e. The van der Waals surface area contributed by atoms with Crippen LogP contribution in [0.15, 0.2) is 52.1 Å². The molecule has 0 bridgehead atoms. The van der Waals surface area contributed by atoms with Gasteiger partial charge in [-0.05, 0) is 47.0 Å². The second-order valence-electron chi connectivity index (χ2n) is 4.82. The highest BCUT2D eigenvalue weighted by Crippen LogP contribution is 2.36. The first-order chi connectivity index (χ1) is 9.50. The summed E-state index contributed by atoms with van der Waals surface area (Å²) in [7, 11) is -3.58. The highest BCUT2D eigenvalue weighted by atomic mass is 79.9. The van der Waals surface area contributed by atoms with Crippen LogP contribution in [-0.4, -0.2) is 19.4 Å². The van der Waals surface area contributed by atoms with E-state index in [4.69, 9.17) is 0 Å². The molecule has 0 N–H and O–H groups in total. The maximum Gasteiger partial charge on any atom is 0.266 e. The smallest absolute Gasteiger partial charge is 0.263 e. The van der Waals surface area contributed by atoms with Gasteiger partial charge in [-0.2, -0.15) is 0 Å². The van der Waals surface area contributed by atoms with Crippen molar-refractivity contribution in [1.29, 1.82) is 0 Å². The van der Waals surface area contributed by atoms with E-state index in [0.29, 0.717) is 4.47 Å². The van der Waals surface area contributed by atoms with Crippen molar-refractivity contribution in [2.24, 2.45) is 0 Å². The van der Waals surface area contributed by atoms with E-state index in [2.05, 4.69) is 20.9 Å². The molecule has 2 aromatic rings. The van der Waals surface area contributed by atoms with E-state index < -0.39 is 10.0 Å². The molecule has 3 rings (SSSR count). The van der Waals surface area contributed by atoms with Gasteiger partial charge in [0.05, 0.1) is 5.69 Å². The molecule has 1 atom stereocenters. The topological polar surface area (TPSA) is 50.3 Å². The van der Waals surface area contributed by atoms with E-state index >= 15 is 0 Å². The molecule has 1 aromatic carbocycles. The maximum absolute atomic E-state index is 12.8. The fourth-order valence-corrected chi connectivity index (χ4v) is 4.75. The summed E-state index contributed by atoms with van der Waals surface area (Å²) in [6.45, 7) is 1.92. The van der Waals surface area contributed by atoms with Crippen molar-refractivity contribution in [2.75, 3.05) is 4.31 Å². The number of fused-ring (bicyclic) bond motifs is 1. The summed E-state index contributed by atoms with van der Waals surface area (Å²) in [4.78, 5) is 4.15. The number of halogens is 1. The Hall–Kier alpha value is -1.40. The van der Waals surface area contributed by atoms with Crippen LogP contribution < -0.4 is 4.31 Å². The van der Waals surface area contributed by atoms with Gasteiger partial charge in [0.2, 0.25) is 0 Å². The van der Waals surface area contributed by atoms with Crippen LogP contribution in [0.25, 0.3) is 0 Å². The predicted octanol–water partition coefficient (Wildman–Crippen LogP) is 2.98. The average Bonchev–Trinajstić information content (AvgIpc) is 2.75. The number of benzene rings is 1. The third-order valence-corrected chi connectivity index (χ3v) is 5.71. The van der Waals surface area contributed by atoms with Crippen LogP contribution in [0.1, 0.15) is 12.5 Å². The second kappa shape index (κ2) is 4.86. The molecule has 0 saturated carbocycles. The largest absolute Gasteiger partial charge is 0.266 e. The Morgan fingerprint density at radius 2 is 2.05 bits per heavy atom. The van der Waals surface area contributed by atoms with Crippen molar-refractivity contribution < 1.29 is 8.42 Å². The highest BCUT2D eigenvalue weighted by Gasteiger charge is 2.35. The zero-order valence-corrected chi connectivity index (χ0v) is 13.2. The van der Waals surface area contributed by atoms with Crippen molar-refractivity contribution in [1.82, 2.24) is 4.98 Å². The van der Waals surface area contributed by atoms with Crippen molar-refractivity contribution in [2.45, 2.75) is 24.3 Å². The van der Waals surface area contributed by atoms with Gasteiger partial charge in [-0.1, -0.05) is 18.2 Å². The molecule has 4 nitrogen and oxygen atoms in total. The van der Waals surface area contributed by atoms with Crippen LogP contribution in [-0.2, 0) is 16.4 Å². The molecule has 0 fully saturated rings. The molecule has 1 aliphatic rings. The quantitative estimate of drug-likeness (QED) is 0.834. The summed E-state index contributed by atoms with van der Waals surface area (Å²) < 4.78 is 27.8. The molecule has 0 spiro atoms. The summed E-state index contributed by atoms with van der Waals surface area (Å²) in [6, 6.07) is 9.11. The minimum atomic E-state index is -3.58. The number of rotatable bonds is 2. The third kappa shape index (κ3) is 2.13. The third-order valence-electron chi connectivity index (χ3n) is 3.38. The Labute approximate surface area is 126 Å². The Kier molecular flexibility index (Phi) is 3.30. The lowest BCUT2D eigenvalue weighted by Crippen LogP contribution is -2.35. The summed E-state index contributed by atoms with van der Waals surface area (Å²) >= 11 is 3.26. The Bertz CT molecular complexity index is 761. The van der Waals surface area contributed by atoms with E-state index in [-0.39, 0.29) is 10.9 Å².